The van der Waals surface area contributed by atoms with Gasteiger partial charge in [-0.25, -0.2) is 4.98 Å². The molecule has 2 heterocycles. The first-order valence-corrected chi connectivity index (χ1v) is 6.84. The molecule has 104 valence electrons. The highest BCUT2D eigenvalue weighted by Crippen LogP contribution is 2.13. The lowest BCUT2D eigenvalue weighted by molar-refractivity contribution is -0.118. The molecule has 0 atom stereocenters. The fraction of sp³-hybridized carbons (Fsp3) is 0.615. The van der Waals surface area contributed by atoms with Crippen LogP contribution in [0.3, 0.4) is 0 Å². The molecule has 1 fully saturated rings. The summed E-state index contributed by atoms with van der Waals surface area (Å²) in [5.41, 5.74) is 0. The number of unbranched alkanes of at least 4 members (excludes halogenated alkanes) is 1. The molecular weight excluding hydrogens is 242 g/mol. The Balaban J connectivity index is 1.93. The van der Waals surface area contributed by atoms with Crippen molar-refractivity contribution in [3.8, 4) is 0 Å². The summed E-state index contributed by atoms with van der Waals surface area (Å²) in [5, 5.41) is 3.30. The number of carbonyl (C=O) groups excluding carboxylic acids is 1. The predicted octanol–water partition coefficient (Wildman–Crippen LogP) is 0.967. The van der Waals surface area contributed by atoms with Crippen molar-refractivity contribution in [1.29, 1.82) is 0 Å². The summed E-state index contributed by atoms with van der Waals surface area (Å²) in [4.78, 5) is 23.4. The molecular formula is C13H21N5O. The van der Waals surface area contributed by atoms with Gasteiger partial charge in [-0.05, 0) is 12.5 Å². The van der Waals surface area contributed by atoms with Gasteiger partial charge in [0.1, 0.15) is 5.82 Å². The number of hydrogen-bond acceptors (Lipinski definition) is 5. The van der Waals surface area contributed by atoms with Crippen molar-refractivity contribution in [3.05, 3.63) is 12.3 Å². The van der Waals surface area contributed by atoms with E-state index in [1.165, 1.54) is 6.42 Å². The lowest BCUT2D eigenvalue weighted by Crippen LogP contribution is -2.46. The molecule has 2 rings (SSSR count). The molecule has 1 N–H and O–H groups in total. The second kappa shape index (κ2) is 6.92. The first-order chi connectivity index (χ1) is 9.33. The Hall–Kier alpha value is -1.85. The van der Waals surface area contributed by atoms with E-state index in [2.05, 4.69) is 27.1 Å². The van der Waals surface area contributed by atoms with E-state index in [0.717, 1.165) is 57.3 Å². The highest BCUT2D eigenvalue weighted by Gasteiger charge is 2.17. The normalized spacial score (nSPS) is 15.4. The number of hydrogen-bond donors (Lipinski definition) is 1. The van der Waals surface area contributed by atoms with Crippen molar-refractivity contribution in [2.24, 2.45) is 0 Å². The van der Waals surface area contributed by atoms with E-state index >= 15 is 0 Å². The molecule has 1 aromatic heterocycles. The van der Waals surface area contributed by atoms with Crippen LogP contribution in [0.4, 0.5) is 11.8 Å². The molecule has 0 aliphatic carbocycles. The molecule has 0 saturated carbocycles. The average Bonchev–Trinajstić information content (AvgIpc) is 2.48. The van der Waals surface area contributed by atoms with Crippen molar-refractivity contribution < 1.29 is 4.79 Å². The highest BCUT2D eigenvalue weighted by atomic mass is 16.1. The molecule has 0 spiro atoms. The van der Waals surface area contributed by atoms with Crippen LogP contribution in [0.2, 0.25) is 0 Å². The number of carbonyl (C=O) groups is 1. The Labute approximate surface area is 113 Å². The number of rotatable bonds is 6. The SMILES string of the molecule is CCCCNc1ccnc(N2CCN(C=O)CC2)n1. The summed E-state index contributed by atoms with van der Waals surface area (Å²) >= 11 is 0. The van der Waals surface area contributed by atoms with Gasteiger partial charge >= 0.3 is 0 Å². The van der Waals surface area contributed by atoms with E-state index in [4.69, 9.17) is 0 Å². The first-order valence-electron chi connectivity index (χ1n) is 6.84. The van der Waals surface area contributed by atoms with Gasteiger partial charge in [0.15, 0.2) is 0 Å². The van der Waals surface area contributed by atoms with Crippen LogP contribution in [0.5, 0.6) is 0 Å². The van der Waals surface area contributed by atoms with Gasteiger partial charge in [0.25, 0.3) is 0 Å². The number of piperazine rings is 1. The van der Waals surface area contributed by atoms with Crippen molar-refractivity contribution in [3.63, 3.8) is 0 Å². The Kier molecular flexibility index (Phi) is 4.94. The van der Waals surface area contributed by atoms with Gasteiger partial charge in [0.2, 0.25) is 12.4 Å². The molecule has 1 aliphatic heterocycles. The van der Waals surface area contributed by atoms with Gasteiger partial charge in [-0.3, -0.25) is 4.79 Å². The number of amides is 1. The number of anilines is 2. The summed E-state index contributed by atoms with van der Waals surface area (Å²) < 4.78 is 0. The molecule has 1 aromatic rings. The standard InChI is InChI=1S/C13H21N5O/c1-2-3-5-14-12-4-6-15-13(16-12)18-9-7-17(11-19)8-10-18/h4,6,11H,2-3,5,7-10H2,1H3,(H,14,15,16). The monoisotopic (exact) mass is 263 g/mol. The molecule has 6 heteroatoms. The molecule has 1 saturated heterocycles. The summed E-state index contributed by atoms with van der Waals surface area (Å²) in [6, 6.07) is 1.89. The molecule has 1 aliphatic rings. The topological polar surface area (TPSA) is 61.4 Å². The van der Waals surface area contributed by atoms with Crippen LogP contribution in [-0.2, 0) is 4.79 Å². The van der Waals surface area contributed by atoms with E-state index in [0.29, 0.717) is 0 Å². The number of nitrogens with zero attached hydrogens (tertiary/aromatic N) is 4. The van der Waals surface area contributed by atoms with Crippen LogP contribution in [0, 0.1) is 0 Å². The fourth-order valence-corrected chi connectivity index (χ4v) is 2.02. The third-order valence-electron chi connectivity index (χ3n) is 3.23. The van der Waals surface area contributed by atoms with E-state index in [1.54, 1.807) is 11.1 Å². The third kappa shape index (κ3) is 3.81. The minimum atomic E-state index is 0.736. The maximum atomic E-state index is 10.7. The Morgan fingerprint density at radius 3 is 2.84 bits per heavy atom. The second-order valence-electron chi connectivity index (χ2n) is 4.65. The number of nitrogens with one attached hydrogen (secondary N) is 1. The van der Waals surface area contributed by atoms with Crippen molar-refractivity contribution in [1.82, 2.24) is 14.9 Å². The van der Waals surface area contributed by atoms with Crippen LogP contribution >= 0.6 is 0 Å². The van der Waals surface area contributed by atoms with Crippen LogP contribution in [-0.4, -0.2) is 54.0 Å². The summed E-state index contributed by atoms with van der Waals surface area (Å²) in [7, 11) is 0. The zero-order valence-corrected chi connectivity index (χ0v) is 11.4. The minimum Gasteiger partial charge on any atom is -0.370 e. The molecule has 0 bridgehead atoms. The lowest BCUT2D eigenvalue weighted by Gasteiger charge is -2.32. The maximum Gasteiger partial charge on any atom is 0.227 e. The lowest BCUT2D eigenvalue weighted by atomic mass is 10.3. The largest absolute Gasteiger partial charge is 0.370 e. The van der Waals surface area contributed by atoms with Gasteiger partial charge in [0, 0.05) is 38.9 Å². The molecule has 0 unspecified atom stereocenters. The predicted molar refractivity (Wildman–Crippen MR) is 75.3 cm³/mol. The van der Waals surface area contributed by atoms with Crippen molar-refractivity contribution in [2.45, 2.75) is 19.8 Å². The second-order valence-corrected chi connectivity index (χ2v) is 4.65. The first kappa shape index (κ1) is 13.6. The van der Waals surface area contributed by atoms with Crippen LogP contribution in [0.15, 0.2) is 12.3 Å². The zero-order valence-electron chi connectivity index (χ0n) is 11.4. The average molecular weight is 263 g/mol. The van der Waals surface area contributed by atoms with E-state index in [9.17, 15) is 4.79 Å². The Bertz CT molecular complexity index is 404. The van der Waals surface area contributed by atoms with Gasteiger partial charge in [-0.15, -0.1) is 0 Å². The van der Waals surface area contributed by atoms with Gasteiger partial charge in [-0.2, -0.15) is 4.98 Å². The molecule has 19 heavy (non-hydrogen) atoms. The van der Waals surface area contributed by atoms with Gasteiger partial charge in [0.05, 0.1) is 0 Å². The van der Waals surface area contributed by atoms with Crippen LogP contribution in [0.1, 0.15) is 19.8 Å². The highest BCUT2D eigenvalue weighted by molar-refractivity contribution is 5.48. The maximum absolute atomic E-state index is 10.7. The Morgan fingerprint density at radius 1 is 1.37 bits per heavy atom. The third-order valence-corrected chi connectivity index (χ3v) is 3.23. The van der Waals surface area contributed by atoms with Crippen LogP contribution in [0.25, 0.3) is 0 Å². The summed E-state index contributed by atoms with van der Waals surface area (Å²) in [5.74, 6) is 1.61. The minimum absolute atomic E-state index is 0.736. The van der Waals surface area contributed by atoms with Crippen molar-refractivity contribution >= 4 is 18.2 Å². The number of aromatic nitrogens is 2. The molecule has 1 amide bonds. The molecule has 6 nitrogen and oxygen atoms in total. The van der Waals surface area contributed by atoms with Crippen molar-refractivity contribution in [2.75, 3.05) is 42.9 Å². The fourth-order valence-electron chi connectivity index (χ4n) is 2.02. The summed E-state index contributed by atoms with van der Waals surface area (Å²) in [6.07, 6.45) is 4.99. The van der Waals surface area contributed by atoms with Gasteiger partial charge < -0.3 is 15.1 Å². The van der Waals surface area contributed by atoms with E-state index in [-0.39, 0.29) is 0 Å². The van der Waals surface area contributed by atoms with Gasteiger partial charge in [-0.1, -0.05) is 13.3 Å². The van der Waals surface area contributed by atoms with Crippen LogP contribution < -0.4 is 10.2 Å². The van der Waals surface area contributed by atoms with E-state index < -0.39 is 0 Å². The molecule has 0 radical (unpaired) electrons. The quantitative estimate of drug-likeness (QED) is 0.612. The van der Waals surface area contributed by atoms with E-state index in [1.807, 2.05) is 6.07 Å². The molecule has 0 aromatic carbocycles. The summed E-state index contributed by atoms with van der Waals surface area (Å²) in [6.45, 7) is 6.15. The Morgan fingerprint density at radius 2 is 2.16 bits per heavy atom. The smallest absolute Gasteiger partial charge is 0.227 e. The zero-order chi connectivity index (χ0) is 13.5.